The van der Waals surface area contributed by atoms with E-state index in [4.69, 9.17) is 10.0 Å². The van der Waals surface area contributed by atoms with Crippen molar-refractivity contribution >= 4 is 45.7 Å². The van der Waals surface area contributed by atoms with Crippen LogP contribution in [0.25, 0.3) is 0 Å². The van der Waals surface area contributed by atoms with Gasteiger partial charge in [0, 0.05) is 0 Å². The summed E-state index contributed by atoms with van der Waals surface area (Å²) in [6.07, 6.45) is 0. The van der Waals surface area contributed by atoms with Crippen LogP contribution in [0.1, 0.15) is 61.8 Å². The molecule has 11 heteroatoms. The SMILES string of the molecule is Cc1ccc(Pc2ccc(C(C)C)cc2)cc1.Cc1ccc(Pc2ccc(C(C)C)cc2)cc1.OB(O)Oc1c(F)c(F)c(F)c(F)c1F. The summed E-state index contributed by atoms with van der Waals surface area (Å²) in [7, 11) is -1.17. The third-order valence-electron chi connectivity index (χ3n) is 7.23. The van der Waals surface area contributed by atoms with Gasteiger partial charge in [-0.1, -0.05) is 153 Å². The number of benzene rings is 5. The van der Waals surface area contributed by atoms with E-state index < -0.39 is 42.2 Å². The summed E-state index contributed by atoms with van der Waals surface area (Å²) in [5, 5.41) is 22.0. The van der Waals surface area contributed by atoms with Gasteiger partial charge in [-0.05, 0) is 58.0 Å². The molecule has 0 saturated carbocycles. The van der Waals surface area contributed by atoms with Gasteiger partial charge in [0.15, 0.2) is 5.75 Å². The van der Waals surface area contributed by atoms with Gasteiger partial charge < -0.3 is 14.7 Å². The van der Waals surface area contributed by atoms with Gasteiger partial charge in [-0.15, -0.1) is 0 Å². The Hall–Kier alpha value is -3.61. The average molecular weight is 712 g/mol. The minimum atomic E-state index is -2.70. The zero-order valence-corrected chi connectivity index (χ0v) is 30.2. The predicted octanol–water partition coefficient (Wildman–Crippen LogP) is 8.23. The molecule has 2 unspecified atom stereocenters. The molecule has 5 aromatic carbocycles. The lowest BCUT2D eigenvalue weighted by Crippen LogP contribution is -2.23. The highest BCUT2D eigenvalue weighted by Crippen LogP contribution is 2.29. The first kappa shape index (κ1) is 39.8. The van der Waals surface area contributed by atoms with Crippen molar-refractivity contribution in [2.24, 2.45) is 0 Å². The van der Waals surface area contributed by atoms with E-state index in [1.165, 1.54) is 43.5 Å². The maximum atomic E-state index is 12.7. The standard InChI is InChI=1S/2C16H19P.C6H2BF5O3/c2*1-12(2)14-6-10-16(11-7-14)17-15-8-4-13(3)5-9-15;8-1-2(9)4(11)6(15-7(13)14)5(12)3(1)10/h2*4-12,17H,1-3H3;13-14H. The second kappa shape index (κ2) is 19.0. The fraction of sp³-hybridized carbons (Fsp3) is 0.211. The highest BCUT2D eigenvalue weighted by Gasteiger charge is 2.29. The quantitative estimate of drug-likeness (QED) is 0.0561. The zero-order valence-electron chi connectivity index (χ0n) is 28.2. The van der Waals surface area contributed by atoms with Crippen LogP contribution in [0.5, 0.6) is 5.75 Å². The minimum Gasteiger partial charge on any atom is -0.507 e. The van der Waals surface area contributed by atoms with E-state index in [0.717, 1.165) is 17.2 Å². The number of rotatable bonds is 8. The van der Waals surface area contributed by atoms with Gasteiger partial charge >= 0.3 is 7.32 Å². The molecule has 49 heavy (non-hydrogen) atoms. The van der Waals surface area contributed by atoms with Crippen molar-refractivity contribution in [1.82, 2.24) is 0 Å². The molecular formula is C38H40BF5O3P2. The second-order valence-electron chi connectivity index (χ2n) is 11.9. The molecule has 0 amide bonds. The molecule has 0 aliphatic rings. The Morgan fingerprint density at radius 3 is 1.00 bits per heavy atom. The lowest BCUT2D eigenvalue weighted by atomic mass is 10.0. The van der Waals surface area contributed by atoms with Crippen LogP contribution in [0.3, 0.4) is 0 Å². The molecule has 0 saturated heterocycles. The lowest BCUT2D eigenvalue weighted by molar-refractivity contribution is 0.263. The molecule has 0 spiro atoms. The van der Waals surface area contributed by atoms with Gasteiger partial charge in [-0.3, -0.25) is 0 Å². The van der Waals surface area contributed by atoms with Crippen molar-refractivity contribution in [3.63, 3.8) is 0 Å². The third-order valence-corrected chi connectivity index (χ3v) is 9.72. The topological polar surface area (TPSA) is 49.7 Å². The smallest absolute Gasteiger partial charge is 0.507 e. The lowest BCUT2D eigenvalue weighted by Gasteiger charge is -2.08. The molecule has 0 bridgehead atoms. The van der Waals surface area contributed by atoms with Crippen LogP contribution in [0.2, 0.25) is 0 Å². The van der Waals surface area contributed by atoms with Crippen LogP contribution in [0, 0.1) is 42.9 Å². The summed E-state index contributed by atoms with van der Waals surface area (Å²) >= 11 is 0. The molecular weight excluding hydrogens is 672 g/mol. The Bertz CT molecular complexity index is 1640. The average Bonchev–Trinajstić information content (AvgIpc) is 3.08. The van der Waals surface area contributed by atoms with Crippen LogP contribution >= 0.6 is 17.2 Å². The summed E-state index contributed by atoms with van der Waals surface area (Å²) in [5.41, 5.74) is 5.49. The summed E-state index contributed by atoms with van der Waals surface area (Å²) in [4.78, 5) is 0. The van der Waals surface area contributed by atoms with E-state index in [0.29, 0.717) is 11.8 Å². The molecule has 0 aromatic heterocycles. The third kappa shape index (κ3) is 12.3. The van der Waals surface area contributed by atoms with E-state index >= 15 is 0 Å². The van der Waals surface area contributed by atoms with Crippen molar-refractivity contribution in [3.8, 4) is 5.75 Å². The highest BCUT2D eigenvalue weighted by molar-refractivity contribution is 7.55. The Morgan fingerprint density at radius 1 is 0.469 bits per heavy atom. The Labute approximate surface area is 289 Å². The maximum Gasteiger partial charge on any atom is 0.707 e. The van der Waals surface area contributed by atoms with Gasteiger partial charge in [0.25, 0.3) is 0 Å². The number of hydrogen-bond donors (Lipinski definition) is 2. The van der Waals surface area contributed by atoms with Crippen molar-refractivity contribution in [3.05, 3.63) is 148 Å². The fourth-order valence-corrected chi connectivity index (χ4v) is 6.30. The number of hydrogen-bond acceptors (Lipinski definition) is 3. The second-order valence-corrected chi connectivity index (χ2v) is 14.7. The molecule has 5 rings (SSSR count). The van der Waals surface area contributed by atoms with Crippen molar-refractivity contribution in [2.45, 2.75) is 53.4 Å². The van der Waals surface area contributed by atoms with Crippen LogP contribution in [-0.2, 0) is 0 Å². The van der Waals surface area contributed by atoms with Crippen LogP contribution in [0.15, 0.2) is 97.1 Å². The Kier molecular flexibility index (Phi) is 15.4. The van der Waals surface area contributed by atoms with Gasteiger partial charge in [0.2, 0.25) is 29.1 Å². The number of aryl methyl sites for hydroxylation is 2. The summed E-state index contributed by atoms with van der Waals surface area (Å²) < 4.78 is 66.3. The molecule has 2 N–H and O–H groups in total. The van der Waals surface area contributed by atoms with Crippen LogP contribution in [0.4, 0.5) is 22.0 Å². The van der Waals surface area contributed by atoms with Crippen LogP contribution < -0.4 is 25.9 Å². The molecule has 258 valence electrons. The van der Waals surface area contributed by atoms with E-state index in [1.54, 1.807) is 0 Å². The van der Waals surface area contributed by atoms with E-state index in [9.17, 15) is 22.0 Å². The molecule has 0 radical (unpaired) electrons. The molecule has 3 nitrogen and oxygen atoms in total. The highest BCUT2D eigenvalue weighted by atomic mass is 31.1. The predicted molar refractivity (Wildman–Crippen MR) is 196 cm³/mol. The summed E-state index contributed by atoms with van der Waals surface area (Å²) in [5.74, 6) is -11.9. The summed E-state index contributed by atoms with van der Waals surface area (Å²) in [6.45, 7) is 13.2. The maximum absolute atomic E-state index is 12.7. The van der Waals surface area contributed by atoms with E-state index in [1.807, 2.05) is 0 Å². The zero-order chi connectivity index (χ0) is 36.2. The van der Waals surface area contributed by atoms with Gasteiger partial charge in [-0.25, -0.2) is 13.2 Å². The van der Waals surface area contributed by atoms with Crippen LogP contribution in [-0.4, -0.2) is 17.4 Å². The normalized spacial score (nSPS) is 11.2. The van der Waals surface area contributed by atoms with E-state index in [-0.39, 0.29) is 0 Å². The van der Waals surface area contributed by atoms with Gasteiger partial charge in [-0.2, -0.15) is 8.78 Å². The van der Waals surface area contributed by atoms with Crippen molar-refractivity contribution in [2.75, 3.05) is 0 Å². The molecule has 5 aromatic rings. The first-order valence-electron chi connectivity index (χ1n) is 15.6. The minimum absolute atomic E-state index is 0.617. The summed E-state index contributed by atoms with van der Waals surface area (Å²) in [6, 6.07) is 35.7. The Morgan fingerprint density at radius 2 is 0.735 bits per heavy atom. The monoisotopic (exact) mass is 712 g/mol. The number of halogens is 5. The molecule has 0 aliphatic heterocycles. The molecule has 0 fully saturated rings. The van der Waals surface area contributed by atoms with Crippen molar-refractivity contribution in [1.29, 1.82) is 0 Å². The van der Waals surface area contributed by atoms with E-state index in [2.05, 4.69) is 143 Å². The van der Waals surface area contributed by atoms with Gasteiger partial charge in [0.1, 0.15) is 0 Å². The molecule has 0 aliphatic carbocycles. The first-order valence-corrected chi connectivity index (χ1v) is 17.6. The molecule has 2 atom stereocenters. The molecule has 0 heterocycles. The van der Waals surface area contributed by atoms with Crippen molar-refractivity contribution < 1.29 is 36.7 Å². The Balaban J connectivity index is 0.000000200. The van der Waals surface area contributed by atoms with Gasteiger partial charge in [0.05, 0.1) is 0 Å². The first-order chi connectivity index (χ1) is 23.2. The largest absolute Gasteiger partial charge is 0.707 e. The fourth-order valence-electron chi connectivity index (χ4n) is 4.30.